The molecular formula is C18H16N2O. The highest BCUT2D eigenvalue weighted by molar-refractivity contribution is 5.71. The van der Waals surface area contributed by atoms with Crippen molar-refractivity contribution >= 4 is 6.29 Å². The Kier molecular flexibility index (Phi) is 3.65. The fourth-order valence-corrected chi connectivity index (χ4v) is 2.44. The largest absolute Gasteiger partial charge is 0.324 e. The van der Waals surface area contributed by atoms with Crippen LogP contribution in [0.25, 0.3) is 11.1 Å². The Morgan fingerprint density at radius 2 is 1.86 bits per heavy atom. The molecule has 0 aliphatic heterocycles. The summed E-state index contributed by atoms with van der Waals surface area (Å²) in [6.07, 6.45) is 4.09. The SMILES string of the molecule is Cc1ccccc1-c1ccc(Cn2cncc2C=O)cc1. The minimum absolute atomic E-state index is 0.595. The maximum Gasteiger partial charge on any atom is 0.168 e. The Bertz CT molecular complexity index is 757. The van der Waals surface area contributed by atoms with Gasteiger partial charge < -0.3 is 4.57 Å². The first-order valence-corrected chi connectivity index (χ1v) is 6.88. The second-order valence-electron chi connectivity index (χ2n) is 5.08. The van der Waals surface area contributed by atoms with E-state index in [2.05, 4.69) is 54.4 Å². The van der Waals surface area contributed by atoms with E-state index in [0.29, 0.717) is 12.2 Å². The molecule has 0 N–H and O–H groups in total. The molecule has 0 spiro atoms. The van der Waals surface area contributed by atoms with Crippen LogP contribution in [0.2, 0.25) is 0 Å². The molecule has 2 aromatic carbocycles. The average molecular weight is 276 g/mol. The minimum atomic E-state index is 0.595. The summed E-state index contributed by atoms with van der Waals surface area (Å²) in [5.74, 6) is 0. The third-order valence-corrected chi connectivity index (χ3v) is 3.63. The van der Waals surface area contributed by atoms with E-state index in [4.69, 9.17) is 0 Å². The van der Waals surface area contributed by atoms with Gasteiger partial charge >= 0.3 is 0 Å². The van der Waals surface area contributed by atoms with Gasteiger partial charge in [-0.15, -0.1) is 0 Å². The summed E-state index contributed by atoms with van der Waals surface area (Å²) in [6, 6.07) is 16.8. The van der Waals surface area contributed by atoms with Crippen LogP contribution in [-0.4, -0.2) is 15.8 Å². The number of imidazole rings is 1. The van der Waals surface area contributed by atoms with Gasteiger partial charge in [-0.25, -0.2) is 4.98 Å². The molecule has 0 unspecified atom stereocenters. The van der Waals surface area contributed by atoms with Gasteiger partial charge in [0.1, 0.15) is 5.69 Å². The lowest BCUT2D eigenvalue weighted by Crippen LogP contribution is -2.02. The highest BCUT2D eigenvalue weighted by Gasteiger charge is 2.03. The molecule has 0 saturated carbocycles. The Morgan fingerprint density at radius 3 is 2.57 bits per heavy atom. The van der Waals surface area contributed by atoms with Crippen LogP contribution in [0.3, 0.4) is 0 Å². The molecule has 0 atom stereocenters. The van der Waals surface area contributed by atoms with E-state index in [1.807, 2.05) is 10.6 Å². The van der Waals surface area contributed by atoms with E-state index in [1.165, 1.54) is 16.7 Å². The van der Waals surface area contributed by atoms with E-state index < -0.39 is 0 Å². The first kappa shape index (κ1) is 13.3. The van der Waals surface area contributed by atoms with Crippen molar-refractivity contribution in [1.29, 1.82) is 0 Å². The standard InChI is InChI=1S/C18H16N2O/c1-14-4-2-3-5-18(14)16-8-6-15(7-9-16)11-20-13-19-10-17(20)12-21/h2-10,12-13H,11H2,1H3. The topological polar surface area (TPSA) is 34.9 Å². The fourth-order valence-electron chi connectivity index (χ4n) is 2.44. The molecule has 0 fully saturated rings. The highest BCUT2D eigenvalue weighted by Crippen LogP contribution is 2.23. The van der Waals surface area contributed by atoms with Crippen molar-refractivity contribution in [1.82, 2.24) is 9.55 Å². The molecule has 3 nitrogen and oxygen atoms in total. The number of aromatic nitrogens is 2. The van der Waals surface area contributed by atoms with Crippen LogP contribution < -0.4 is 0 Å². The third-order valence-electron chi connectivity index (χ3n) is 3.63. The number of nitrogens with zero attached hydrogens (tertiary/aromatic N) is 2. The molecule has 0 aliphatic rings. The molecule has 0 aliphatic carbocycles. The van der Waals surface area contributed by atoms with Crippen LogP contribution in [0, 0.1) is 6.92 Å². The van der Waals surface area contributed by atoms with Crippen LogP contribution in [0.15, 0.2) is 61.1 Å². The molecule has 0 radical (unpaired) electrons. The zero-order valence-corrected chi connectivity index (χ0v) is 11.9. The summed E-state index contributed by atoms with van der Waals surface area (Å²) in [5.41, 5.74) is 5.47. The summed E-state index contributed by atoms with van der Waals surface area (Å²) < 4.78 is 1.84. The van der Waals surface area contributed by atoms with E-state index in [0.717, 1.165) is 11.8 Å². The first-order valence-electron chi connectivity index (χ1n) is 6.88. The van der Waals surface area contributed by atoms with Gasteiger partial charge in [0.05, 0.1) is 12.5 Å². The second-order valence-corrected chi connectivity index (χ2v) is 5.08. The highest BCUT2D eigenvalue weighted by atomic mass is 16.1. The number of aldehydes is 1. The van der Waals surface area contributed by atoms with Crippen LogP contribution in [-0.2, 0) is 6.54 Å². The predicted octanol–water partition coefficient (Wildman–Crippen LogP) is 3.72. The summed E-state index contributed by atoms with van der Waals surface area (Å²) in [4.78, 5) is 14.9. The lowest BCUT2D eigenvalue weighted by Gasteiger charge is -2.08. The zero-order valence-electron chi connectivity index (χ0n) is 11.9. The lowest BCUT2D eigenvalue weighted by atomic mass is 10.00. The number of rotatable bonds is 4. The van der Waals surface area contributed by atoms with Crippen molar-refractivity contribution in [2.75, 3.05) is 0 Å². The van der Waals surface area contributed by atoms with Gasteiger partial charge in [0.15, 0.2) is 6.29 Å². The Balaban J connectivity index is 1.85. The van der Waals surface area contributed by atoms with Crippen LogP contribution in [0.5, 0.6) is 0 Å². The quantitative estimate of drug-likeness (QED) is 0.681. The van der Waals surface area contributed by atoms with Crippen LogP contribution >= 0.6 is 0 Å². The van der Waals surface area contributed by atoms with Gasteiger partial charge in [-0.1, -0.05) is 48.5 Å². The molecule has 3 heteroatoms. The Morgan fingerprint density at radius 1 is 1.10 bits per heavy atom. The second kappa shape index (κ2) is 5.75. The maximum atomic E-state index is 10.9. The third kappa shape index (κ3) is 2.77. The lowest BCUT2D eigenvalue weighted by molar-refractivity contribution is 0.111. The van der Waals surface area contributed by atoms with E-state index in [-0.39, 0.29) is 0 Å². The number of hydrogen-bond donors (Lipinski definition) is 0. The monoisotopic (exact) mass is 276 g/mol. The molecule has 104 valence electrons. The van der Waals surface area contributed by atoms with Crippen molar-refractivity contribution in [2.24, 2.45) is 0 Å². The van der Waals surface area contributed by atoms with E-state index in [9.17, 15) is 4.79 Å². The van der Waals surface area contributed by atoms with E-state index in [1.54, 1.807) is 12.5 Å². The molecular weight excluding hydrogens is 260 g/mol. The smallest absolute Gasteiger partial charge is 0.168 e. The normalized spacial score (nSPS) is 10.5. The zero-order chi connectivity index (χ0) is 14.7. The molecule has 3 aromatic rings. The van der Waals surface area contributed by atoms with Crippen LogP contribution in [0.4, 0.5) is 0 Å². The Hall–Kier alpha value is -2.68. The number of carbonyl (C=O) groups is 1. The van der Waals surface area contributed by atoms with Gasteiger partial charge in [0.2, 0.25) is 0 Å². The van der Waals surface area contributed by atoms with Gasteiger partial charge in [0, 0.05) is 6.54 Å². The van der Waals surface area contributed by atoms with Crippen molar-refractivity contribution in [3.8, 4) is 11.1 Å². The first-order chi connectivity index (χ1) is 10.3. The van der Waals surface area contributed by atoms with Gasteiger partial charge in [-0.2, -0.15) is 0 Å². The van der Waals surface area contributed by atoms with Crippen LogP contribution in [0.1, 0.15) is 21.6 Å². The summed E-state index contributed by atoms with van der Waals surface area (Å²) >= 11 is 0. The van der Waals surface area contributed by atoms with Crippen molar-refractivity contribution in [3.63, 3.8) is 0 Å². The predicted molar refractivity (Wildman–Crippen MR) is 83.3 cm³/mol. The van der Waals surface area contributed by atoms with Gasteiger partial charge in [-0.3, -0.25) is 4.79 Å². The summed E-state index contributed by atoms with van der Waals surface area (Å²) in [6.45, 7) is 2.77. The Labute approximate surface area is 123 Å². The van der Waals surface area contributed by atoms with Crippen molar-refractivity contribution < 1.29 is 4.79 Å². The molecule has 1 aromatic heterocycles. The van der Waals surface area contributed by atoms with Crippen molar-refractivity contribution in [3.05, 3.63) is 77.9 Å². The fraction of sp³-hybridized carbons (Fsp3) is 0.111. The van der Waals surface area contributed by atoms with E-state index >= 15 is 0 Å². The maximum absolute atomic E-state index is 10.9. The molecule has 1 heterocycles. The molecule has 21 heavy (non-hydrogen) atoms. The van der Waals surface area contributed by atoms with Crippen molar-refractivity contribution in [2.45, 2.75) is 13.5 Å². The molecule has 3 rings (SSSR count). The number of carbonyl (C=O) groups excluding carboxylic acids is 1. The summed E-state index contributed by atoms with van der Waals surface area (Å²) in [7, 11) is 0. The molecule has 0 bridgehead atoms. The summed E-state index contributed by atoms with van der Waals surface area (Å²) in [5, 5.41) is 0. The van der Waals surface area contributed by atoms with Gasteiger partial charge in [-0.05, 0) is 29.2 Å². The average Bonchev–Trinajstić information content (AvgIpc) is 2.96. The molecule has 0 saturated heterocycles. The number of benzene rings is 2. The molecule has 0 amide bonds. The number of aryl methyl sites for hydroxylation is 1. The van der Waals surface area contributed by atoms with Gasteiger partial charge in [0.25, 0.3) is 0 Å². The number of hydrogen-bond acceptors (Lipinski definition) is 2. The minimum Gasteiger partial charge on any atom is -0.324 e.